The fourth-order valence-corrected chi connectivity index (χ4v) is 1.11. The summed E-state index contributed by atoms with van der Waals surface area (Å²) in [4.78, 5) is 17.8. The molecule has 2 aromatic rings. The third-order valence-corrected chi connectivity index (χ3v) is 1.75. The Morgan fingerprint density at radius 3 is 3.00 bits per heavy atom. The van der Waals surface area contributed by atoms with Crippen LogP contribution in [-0.2, 0) is 7.05 Å². The minimum atomic E-state index is -0.485. The Morgan fingerprint density at radius 1 is 1.54 bits per heavy atom. The lowest BCUT2D eigenvalue weighted by Crippen LogP contribution is -1.91. The van der Waals surface area contributed by atoms with Crippen molar-refractivity contribution < 1.29 is 4.92 Å². The van der Waals surface area contributed by atoms with Gasteiger partial charge in [0.1, 0.15) is 11.7 Å². The number of hydrogen-bond acceptors (Lipinski definition) is 4. The number of aromatic nitrogens is 3. The average molecular weight is 178 g/mol. The summed E-state index contributed by atoms with van der Waals surface area (Å²) in [5, 5.41) is 10.4. The molecule has 0 aliphatic carbocycles. The van der Waals surface area contributed by atoms with Crippen LogP contribution in [0.15, 0.2) is 18.6 Å². The van der Waals surface area contributed by atoms with Crippen molar-refractivity contribution in [2.75, 3.05) is 0 Å². The molecule has 0 aromatic carbocycles. The maximum Gasteiger partial charge on any atom is 0.289 e. The van der Waals surface area contributed by atoms with Gasteiger partial charge in [0, 0.05) is 13.1 Å². The molecule has 0 bridgehead atoms. The lowest BCUT2D eigenvalue weighted by Gasteiger charge is -1.92. The monoisotopic (exact) mass is 178 g/mol. The van der Waals surface area contributed by atoms with Gasteiger partial charge in [0.2, 0.25) is 0 Å². The number of fused-ring (bicyclic) bond motifs is 1. The highest BCUT2D eigenvalue weighted by Gasteiger charge is 2.09. The molecule has 2 heterocycles. The lowest BCUT2D eigenvalue weighted by molar-refractivity contribution is -0.385. The zero-order valence-electron chi connectivity index (χ0n) is 6.84. The van der Waals surface area contributed by atoms with Crippen molar-refractivity contribution in [1.29, 1.82) is 0 Å². The molecule has 13 heavy (non-hydrogen) atoms. The van der Waals surface area contributed by atoms with Crippen LogP contribution in [0.2, 0.25) is 0 Å². The number of nitro groups is 1. The molecule has 0 unspecified atom stereocenters. The Kier molecular flexibility index (Phi) is 1.48. The second kappa shape index (κ2) is 2.51. The van der Waals surface area contributed by atoms with Gasteiger partial charge in [0.15, 0.2) is 5.65 Å². The Morgan fingerprint density at radius 2 is 2.31 bits per heavy atom. The minimum Gasteiger partial charge on any atom is -0.318 e. The first kappa shape index (κ1) is 7.66. The van der Waals surface area contributed by atoms with Crippen molar-refractivity contribution in [3.63, 3.8) is 0 Å². The van der Waals surface area contributed by atoms with E-state index in [4.69, 9.17) is 0 Å². The molecule has 0 saturated carbocycles. The van der Waals surface area contributed by atoms with Gasteiger partial charge in [-0.25, -0.2) is 9.97 Å². The first-order valence-corrected chi connectivity index (χ1v) is 3.60. The SMILES string of the molecule is Cn1cnc2cc([N+](=O)[O-])cnc21. The van der Waals surface area contributed by atoms with E-state index in [9.17, 15) is 10.1 Å². The molecular weight excluding hydrogens is 172 g/mol. The third-order valence-electron chi connectivity index (χ3n) is 1.75. The van der Waals surface area contributed by atoms with Crippen LogP contribution in [0.4, 0.5) is 5.69 Å². The molecule has 0 radical (unpaired) electrons. The van der Waals surface area contributed by atoms with Gasteiger partial charge in [-0.1, -0.05) is 0 Å². The summed E-state index contributed by atoms with van der Waals surface area (Å²) in [5.41, 5.74) is 1.15. The number of imidazole rings is 1. The van der Waals surface area contributed by atoms with Gasteiger partial charge in [-0.2, -0.15) is 0 Å². The summed E-state index contributed by atoms with van der Waals surface area (Å²) < 4.78 is 1.71. The van der Waals surface area contributed by atoms with Gasteiger partial charge in [0.05, 0.1) is 11.3 Å². The normalized spacial score (nSPS) is 10.5. The second-order valence-corrected chi connectivity index (χ2v) is 2.65. The third kappa shape index (κ3) is 1.12. The molecule has 6 nitrogen and oxygen atoms in total. The van der Waals surface area contributed by atoms with E-state index in [1.165, 1.54) is 12.3 Å². The van der Waals surface area contributed by atoms with Crippen LogP contribution < -0.4 is 0 Å². The van der Waals surface area contributed by atoms with Crippen LogP contribution >= 0.6 is 0 Å². The summed E-state index contributed by atoms with van der Waals surface area (Å²) in [6, 6.07) is 1.41. The first-order chi connectivity index (χ1) is 6.18. The van der Waals surface area contributed by atoms with E-state index in [0.29, 0.717) is 11.2 Å². The predicted molar refractivity (Wildman–Crippen MR) is 45.2 cm³/mol. The van der Waals surface area contributed by atoms with Crippen LogP contribution in [0.25, 0.3) is 11.2 Å². The molecule has 0 spiro atoms. The van der Waals surface area contributed by atoms with E-state index >= 15 is 0 Å². The van der Waals surface area contributed by atoms with Gasteiger partial charge in [-0.05, 0) is 0 Å². The number of aryl methyl sites for hydroxylation is 1. The van der Waals surface area contributed by atoms with Crippen molar-refractivity contribution in [3.05, 3.63) is 28.7 Å². The minimum absolute atomic E-state index is 0.0359. The summed E-state index contributed by atoms with van der Waals surface area (Å²) in [6.07, 6.45) is 2.80. The zero-order valence-corrected chi connectivity index (χ0v) is 6.84. The molecule has 0 atom stereocenters. The van der Waals surface area contributed by atoms with Crippen molar-refractivity contribution >= 4 is 16.9 Å². The first-order valence-electron chi connectivity index (χ1n) is 3.60. The Bertz CT molecular complexity index is 476. The Hall–Kier alpha value is -1.98. The van der Waals surface area contributed by atoms with E-state index in [1.807, 2.05) is 0 Å². The molecule has 2 aromatic heterocycles. The van der Waals surface area contributed by atoms with Crippen LogP contribution in [0.5, 0.6) is 0 Å². The maximum atomic E-state index is 10.4. The van der Waals surface area contributed by atoms with Crippen LogP contribution in [0.3, 0.4) is 0 Å². The smallest absolute Gasteiger partial charge is 0.289 e. The molecule has 66 valence electrons. The predicted octanol–water partition coefficient (Wildman–Crippen LogP) is 0.876. The highest BCUT2D eigenvalue weighted by molar-refractivity contribution is 5.72. The van der Waals surface area contributed by atoms with Crippen molar-refractivity contribution in [2.45, 2.75) is 0 Å². The van der Waals surface area contributed by atoms with Gasteiger partial charge >= 0.3 is 0 Å². The van der Waals surface area contributed by atoms with E-state index in [-0.39, 0.29) is 5.69 Å². The number of pyridine rings is 1. The fraction of sp³-hybridized carbons (Fsp3) is 0.143. The van der Waals surface area contributed by atoms with E-state index in [2.05, 4.69) is 9.97 Å². The molecule has 0 saturated heterocycles. The lowest BCUT2D eigenvalue weighted by atomic mass is 10.4. The second-order valence-electron chi connectivity index (χ2n) is 2.65. The largest absolute Gasteiger partial charge is 0.318 e. The van der Waals surface area contributed by atoms with E-state index < -0.39 is 4.92 Å². The number of hydrogen-bond donors (Lipinski definition) is 0. The number of nitrogens with zero attached hydrogens (tertiary/aromatic N) is 4. The fourth-order valence-electron chi connectivity index (χ4n) is 1.11. The standard InChI is InChI=1S/C7H6N4O2/c1-10-4-9-6-2-5(11(12)13)3-8-7(6)10/h2-4H,1H3. The molecular formula is C7H6N4O2. The average Bonchev–Trinajstić information content (AvgIpc) is 2.47. The molecule has 0 N–H and O–H groups in total. The summed E-state index contributed by atoms with van der Waals surface area (Å²) in [7, 11) is 1.79. The molecule has 2 rings (SSSR count). The molecule has 6 heteroatoms. The van der Waals surface area contributed by atoms with Crippen LogP contribution in [-0.4, -0.2) is 19.5 Å². The van der Waals surface area contributed by atoms with Gasteiger partial charge in [0.25, 0.3) is 5.69 Å². The van der Waals surface area contributed by atoms with E-state index in [0.717, 1.165) is 0 Å². The zero-order chi connectivity index (χ0) is 9.42. The molecule has 0 fully saturated rings. The topological polar surface area (TPSA) is 73.8 Å². The Balaban J connectivity index is 2.70. The molecule has 0 aliphatic heterocycles. The van der Waals surface area contributed by atoms with Crippen molar-refractivity contribution in [1.82, 2.24) is 14.5 Å². The highest BCUT2D eigenvalue weighted by atomic mass is 16.6. The van der Waals surface area contributed by atoms with Crippen LogP contribution in [0, 0.1) is 10.1 Å². The summed E-state index contributed by atoms with van der Waals surface area (Å²) >= 11 is 0. The van der Waals surface area contributed by atoms with Gasteiger partial charge < -0.3 is 4.57 Å². The van der Waals surface area contributed by atoms with Crippen LogP contribution in [0.1, 0.15) is 0 Å². The number of rotatable bonds is 1. The summed E-state index contributed by atoms with van der Waals surface area (Å²) in [6.45, 7) is 0. The van der Waals surface area contributed by atoms with Gasteiger partial charge in [-0.3, -0.25) is 10.1 Å². The highest BCUT2D eigenvalue weighted by Crippen LogP contribution is 2.15. The van der Waals surface area contributed by atoms with Gasteiger partial charge in [-0.15, -0.1) is 0 Å². The van der Waals surface area contributed by atoms with Crippen molar-refractivity contribution in [2.24, 2.45) is 7.05 Å². The quantitative estimate of drug-likeness (QED) is 0.479. The molecule has 0 amide bonds. The molecule has 0 aliphatic rings. The van der Waals surface area contributed by atoms with Crippen molar-refractivity contribution in [3.8, 4) is 0 Å². The Labute approximate surface area is 73.0 Å². The summed E-state index contributed by atoms with van der Waals surface area (Å²) in [5.74, 6) is 0. The maximum absolute atomic E-state index is 10.4. The van der Waals surface area contributed by atoms with E-state index in [1.54, 1.807) is 17.9 Å².